The minimum absolute atomic E-state index is 0.252. The second-order valence-electron chi connectivity index (χ2n) is 11.6. The lowest BCUT2D eigenvalue weighted by Crippen LogP contribution is -2.17. The fourth-order valence-electron chi connectivity index (χ4n) is 7.11. The molecule has 3 heteroatoms. The highest BCUT2D eigenvalue weighted by atomic mass is 79.9. The van der Waals surface area contributed by atoms with Crippen molar-refractivity contribution in [2.45, 2.75) is 19.3 Å². The molecular weight excluding hydrogens is 581 g/mol. The molecule has 8 rings (SSSR count). The highest BCUT2D eigenvalue weighted by molar-refractivity contribution is 9.10. The Bertz CT molecular complexity index is 2200. The minimum atomic E-state index is -0.257. The summed E-state index contributed by atoms with van der Waals surface area (Å²) in [5.41, 5.74) is 7.74. The van der Waals surface area contributed by atoms with Crippen LogP contribution in [-0.2, 0) is 5.41 Å². The van der Waals surface area contributed by atoms with Crippen molar-refractivity contribution in [1.29, 1.82) is 0 Å². The molecule has 7 aromatic rings. The summed E-state index contributed by atoms with van der Waals surface area (Å²) in [6.07, 6.45) is 0. The number of rotatable bonds is 3. The van der Waals surface area contributed by atoms with E-state index in [1.807, 2.05) is 24.3 Å². The maximum atomic E-state index is 14.5. The molecule has 0 saturated carbocycles. The van der Waals surface area contributed by atoms with Crippen molar-refractivity contribution >= 4 is 65.3 Å². The summed E-state index contributed by atoms with van der Waals surface area (Å²) in [6, 6.07) is 43.6. The topological polar surface area (TPSA) is 3.24 Å². The van der Waals surface area contributed by atoms with Crippen LogP contribution in [0.1, 0.15) is 25.0 Å². The van der Waals surface area contributed by atoms with E-state index >= 15 is 0 Å². The number of para-hydroxylation sites is 1. The number of hydrogen-bond donors (Lipinski definition) is 0. The molecule has 0 bridgehead atoms. The van der Waals surface area contributed by atoms with Gasteiger partial charge in [0.2, 0.25) is 0 Å². The lowest BCUT2D eigenvalue weighted by Gasteiger charge is -2.28. The molecule has 0 saturated heterocycles. The third kappa shape index (κ3) is 3.60. The van der Waals surface area contributed by atoms with E-state index in [1.165, 1.54) is 60.6 Å². The molecule has 0 atom stereocenters. The van der Waals surface area contributed by atoms with Gasteiger partial charge in [0.15, 0.2) is 0 Å². The molecule has 0 aromatic heterocycles. The van der Waals surface area contributed by atoms with Gasteiger partial charge in [0.25, 0.3) is 0 Å². The molecule has 0 radical (unpaired) electrons. The van der Waals surface area contributed by atoms with E-state index in [-0.39, 0.29) is 11.2 Å². The SMILES string of the molecule is CC1(C)c2cc(N(c3ccccc3)c3cccc(F)c3)ccc2-c2c1c1ccccc1c1cc(Br)c3ccccc3c21. The van der Waals surface area contributed by atoms with Gasteiger partial charge in [-0.2, -0.15) is 0 Å². The molecule has 42 heavy (non-hydrogen) atoms. The predicted octanol–water partition coefficient (Wildman–Crippen LogP) is 11.8. The first kappa shape index (κ1) is 25.3. The van der Waals surface area contributed by atoms with Crippen LogP contribution in [0.25, 0.3) is 43.4 Å². The van der Waals surface area contributed by atoms with Crippen LogP contribution in [0.3, 0.4) is 0 Å². The van der Waals surface area contributed by atoms with Gasteiger partial charge < -0.3 is 4.90 Å². The molecule has 1 nitrogen and oxygen atoms in total. The quantitative estimate of drug-likeness (QED) is 0.180. The van der Waals surface area contributed by atoms with E-state index in [1.54, 1.807) is 12.1 Å². The maximum Gasteiger partial charge on any atom is 0.125 e. The highest BCUT2D eigenvalue weighted by Gasteiger charge is 2.39. The molecule has 0 spiro atoms. The first-order valence-corrected chi connectivity index (χ1v) is 15.0. The zero-order chi connectivity index (χ0) is 28.6. The van der Waals surface area contributed by atoms with Crippen molar-refractivity contribution in [3.05, 3.63) is 149 Å². The van der Waals surface area contributed by atoms with Gasteiger partial charge in [0.1, 0.15) is 5.82 Å². The number of nitrogens with zero attached hydrogens (tertiary/aromatic N) is 1. The molecule has 0 N–H and O–H groups in total. The average molecular weight is 609 g/mol. The van der Waals surface area contributed by atoms with Crippen LogP contribution in [0, 0.1) is 5.82 Å². The van der Waals surface area contributed by atoms with Crippen LogP contribution >= 0.6 is 15.9 Å². The van der Waals surface area contributed by atoms with E-state index in [0.717, 1.165) is 21.5 Å². The Morgan fingerprint density at radius 2 is 1.21 bits per heavy atom. The second kappa shape index (κ2) is 9.27. The number of halogens is 2. The van der Waals surface area contributed by atoms with Crippen LogP contribution in [0.5, 0.6) is 0 Å². The van der Waals surface area contributed by atoms with E-state index < -0.39 is 0 Å². The predicted molar refractivity (Wildman–Crippen MR) is 179 cm³/mol. The lowest BCUT2D eigenvalue weighted by molar-refractivity contribution is 0.628. The molecule has 0 unspecified atom stereocenters. The zero-order valence-electron chi connectivity index (χ0n) is 23.3. The Kier molecular flexibility index (Phi) is 5.57. The molecule has 7 aromatic carbocycles. The molecule has 0 heterocycles. The summed E-state index contributed by atoms with van der Waals surface area (Å²) in [6.45, 7) is 4.69. The molecule has 202 valence electrons. The van der Waals surface area contributed by atoms with Gasteiger partial charge in [-0.1, -0.05) is 109 Å². The Morgan fingerprint density at radius 3 is 1.98 bits per heavy atom. The molecule has 0 amide bonds. The molecule has 0 fully saturated rings. The zero-order valence-corrected chi connectivity index (χ0v) is 24.9. The van der Waals surface area contributed by atoms with E-state index in [0.29, 0.717) is 0 Å². The molecule has 0 aliphatic heterocycles. The molecular formula is C39H27BrFN. The molecule has 1 aliphatic rings. The van der Waals surface area contributed by atoms with Gasteiger partial charge in [-0.05, 0) is 103 Å². The Morgan fingerprint density at radius 1 is 0.571 bits per heavy atom. The lowest BCUT2D eigenvalue weighted by atomic mass is 9.78. The minimum Gasteiger partial charge on any atom is -0.310 e. The van der Waals surface area contributed by atoms with Crippen LogP contribution in [0.15, 0.2) is 132 Å². The van der Waals surface area contributed by atoms with Gasteiger partial charge in [-0.3, -0.25) is 0 Å². The van der Waals surface area contributed by atoms with E-state index in [2.05, 4.69) is 120 Å². The summed E-state index contributed by atoms with van der Waals surface area (Å²) in [5, 5.41) is 7.58. The van der Waals surface area contributed by atoms with Gasteiger partial charge >= 0.3 is 0 Å². The monoisotopic (exact) mass is 607 g/mol. The summed E-state index contributed by atoms with van der Waals surface area (Å²) < 4.78 is 15.6. The average Bonchev–Trinajstić information content (AvgIpc) is 3.24. The maximum absolute atomic E-state index is 14.5. The van der Waals surface area contributed by atoms with Gasteiger partial charge in [-0.25, -0.2) is 4.39 Å². The van der Waals surface area contributed by atoms with Crippen molar-refractivity contribution in [3.63, 3.8) is 0 Å². The fourth-order valence-corrected chi connectivity index (χ4v) is 7.68. The normalized spacial score (nSPS) is 13.4. The first-order chi connectivity index (χ1) is 20.4. The largest absolute Gasteiger partial charge is 0.310 e. The number of anilines is 3. The van der Waals surface area contributed by atoms with Crippen LogP contribution in [0.2, 0.25) is 0 Å². The standard InChI is InChI=1S/C39H27BrFN/c1-39(2)34-22-27(42(25-12-4-3-5-13-25)26-14-10-11-24(41)21-26)19-20-32(34)37-36-30-17-8-7-16-29(30)35(40)23-33(36)28-15-6-9-18-31(28)38(37)39/h3-23H,1-2H3. The highest BCUT2D eigenvalue weighted by Crippen LogP contribution is 2.57. The van der Waals surface area contributed by atoms with Crippen molar-refractivity contribution in [1.82, 2.24) is 0 Å². The Balaban J connectivity index is 1.46. The summed E-state index contributed by atoms with van der Waals surface area (Å²) in [7, 11) is 0. The van der Waals surface area contributed by atoms with Gasteiger partial charge in [0.05, 0.1) is 0 Å². The van der Waals surface area contributed by atoms with Crippen molar-refractivity contribution in [2.24, 2.45) is 0 Å². The van der Waals surface area contributed by atoms with Crippen molar-refractivity contribution in [2.75, 3.05) is 4.90 Å². The van der Waals surface area contributed by atoms with Crippen LogP contribution in [-0.4, -0.2) is 0 Å². The van der Waals surface area contributed by atoms with Crippen molar-refractivity contribution in [3.8, 4) is 11.1 Å². The third-order valence-corrected chi connectivity index (χ3v) is 9.55. The smallest absolute Gasteiger partial charge is 0.125 e. The van der Waals surface area contributed by atoms with Gasteiger partial charge in [0, 0.05) is 26.9 Å². The molecule has 1 aliphatic carbocycles. The number of fused-ring (bicyclic) bond motifs is 10. The number of benzene rings is 7. The second-order valence-corrected chi connectivity index (χ2v) is 12.5. The summed E-state index contributed by atoms with van der Waals surface area (Å²) >= 11 is 3.88. The Hall–Kier alpha value is -4.47. The Labute approximate surface area is 253 Å². The fraction of sp³-hybridized carbons (Fsp3) is 0.0769. The summed E-state index contributed by atoms with van der Waals surface area (Å²) in [4.78, 5) is 2.14. The number of hydrogen-bond acceptors (Lipinski definition) is 1. The van der Waals surface area contributed by atoms with Crippen molar-refractivity contribution < 1.29 is 4.39 Å². The van der Waals surface area contributed by atoms with E-state index in [4.69, 9.17) is 0 Å². The van der Waals surface area contributed by atoms with Crippen LogP contribution in [0.4, 0.5) is 21.5 Å². The van der Waals surface area contributed by atoms with Gasteiger partial charge in [-0.15, -0.1) is 0 Å². The van der Waals surface area contributed by atoms with E-state index in [9.17, 15) is 4.39 Å². The van der Waals surface area contributed by atoms with Crippen LogP contribution < -0.4 is 4.90 Å². The first-order valence-electron chi connectivity index (χ1n) is 14.3. The summed E-state index contributed by atoms with van der Waals surface area (Å²) in [5.74, 6) is -0.252. The third-order valence-electron chi connectivity index (χ3n) is 8.89.